The van der Waals surface area contributed by atoms with Crippen LogP contribution in [0.4, 0.5) is 5.69 Å². The van der Waals surface area contributed by atoms with E-state index in [1.807, 2.05) is 18.2 Å². The van der Waals surface area contributed by atoms with Gasteiger partial charge in [0.1, 0.15) is 5.82 Å². The van der Waals surface area contributed by atoms with Gasteiger partial charge in [0.15, 0.2) is 0 Å². The summed E-state index contributed by atoms with van der Waals surface area (Å²) in [7, 11) is 1.74. The van der Waals surface area contributed by atoms with Crippen LogP contribution in [0.1, 0.15) is 18.4 Å². The van der Waals surface area contributed by atoms with Crippen LogP contribution in [0.2, 0.25) is 0 Å². The second-order valence-electron chi connectivity index (χ2n) is 7.96. The van der Waals surface area contributed by atoms with Gasteiger partial charge >= 0.3 is 0 Å². The lowest BCUT2D eigenvalue weighted by Crippen LogP contribution is -2.37. The van der Waals surface area contributed by atoms with Crippen molar-refractivity contribution in [2.24, 2.45) is 7.05 Å². The van der Waals surface area contributed by atoms with Gasteiger partial charge in [-0.2, -0.15) is 5.26 Å². The third-order valence-corrected chi connectivity index (χ3v) is 6.30. The summed E-state index contributed by atoms with van der Waals surface area (Å²) in [5.74, 6) is 0.583. The summed E-state index contributed by atoms with van der Waals surface area (Å²) in [5, 5.41) is 9.84. The third kappa shape index (κ3) is 3.08. The van der Waals surface area contributed by atoms with Gasteiger partial charge in [0, 0.05) is 50.5 Å². The summed E-state index contributed by atoms with van der Waals surface area (Å²) in [4.78, 5) is 22.8. The molecule has 0 N–H and O–H groups in total. The summed E-state index contributed by atoms with van der Waals surface area (Å²) >= 11 is 0. The highest BCUT2D eigenvalue weighted by Crippen LogP contribution is 2.29. The molecule has 0 amide bonds. The Balaban J connectivity index is 1.63. The first-order valence-corrected chi connectivity index (χ1v) is 10.1. The predicted molar refractivity (Wildman–Crippen MR) is 114 cm³/mol. The van der Waals surface area contributed by atoms with E-state index in [1.165, 1.54) is 25.9 Å². The molecule has 6 rings (SSSR count). The van der Waals surface area contributed by atoms with Gasteiger partial charge in [-0.15, -0.1) is 0 Å². The van der Waals surface area contributed by atoms with E-state index in [0.717, 1.165) is 24.3 Å². The summed E-state index contributed by atoms with van der Waals surface area (Å²) in [6.45, 7) is 4.45. The quantitative estimate of drug-likeness (QED) is 0.679. The Labute approximate surface area is 169 Å². The first-order chi connectivity index (χ1) is 14.1. The minimum Gasteiger partial charge on any atom is -0.367 e. The van der Waals surface area contributed by atoms with Crippen molar-refractivity contribution in [1.29, 1.82) is 5.26 Å². The number of rotatable bonds is 2. The van der Waals surface area contributed by atoms with E-state index in [9.17, 15) is 10.1 Å². The van der Waals surface area contributed by atoms with E-state index in [4.69, 9.17) is 4.98 Å². The number of piperidine rings is 1. The number of aromatic nitrogens is 2. The molecule has 146 valence electrons. The lowest BCUT2D eigenvalue weighted by Gasteiger charge is -2.33. The van der Waals surface area contributed by atoms with Crippen LogP contribution in [0, 0.1) is 11.3 Å². The molecule has 2 aromatic carbocycles. The number of anilines is 1. The normalized spacial score (nSPS) is 21.2. The van der Waals surface area contributed by atoms with Gasteiger partial charge in [0.25, 0.3) is 5.56 Å². The van der Waals surface area contributed by atoms with Gasteiger partial charge in [-0.25, -0.2) is 4.98 Å². The van der Waals surface area contributed by atoms with Crippen molar-refractivity contribution in [2.75, 3.05) is 31.1 Å². The van der Waals surface area contributed by atoms with Crippen LogP contribution < -0.4 is 10.5 Å². The van der Waals surface area contributed by atoms with E-state index in [2.05, 4.69) is 28.0 Å². The highest BCUT2D eigenvalue weighted by Gasteiger charge is 2.29. The molecule has 3 fully saturated rings. The molecule has 0 unspecified atom stereocenters. The minimum absolute atomic E-state index is 0.0678. The van der Waals surface area contributed by atoms with Crippen molar-refractivity contribution in [1.82, 2.24) is 14.5 Å². The fraction of sp³-hybridized carbons (Fsp3) is 0.348. The maximum absolute atomic E-state index is 13.0. The average molecular weight is 385 g/mol. The Hall–Kier alpha value is -3.17. The van der Waals surface area contributed by atoms with Gasteiger partial charge in [0.2, 0.25) is 0 Å². The van der Waals surface area contributed by atoms with E-state index >= 15 is 0 Å². The van der Waals surface area contributed by atoms with Gasteiger partial charge in [0.05, 0.1) is 22.5 Å². The Morgan fingerprint density at radius 1 is 1.07 bits per heavy atom. The SMILES string of the molecule is Cn1c(-c2cccc(C#N)c2)nc2cc(N3CCN4CCC3CC4)ccc2c1=O. The molecule has 0 spiro atoms. The molecule has 0 saturated carbocycles. The maximum atomic E-state index is 13.0. The zero-order valence-electron chi connectivity index (χ0n) is 16.5. The molecule has 0 aliphatic carbocycles. The van der Waals surface area contributed by atoms with Crippen LogP contribution in [0.15, 0.2) is 47.3 Å². The molecule has 29 heavy (non-hydrogen) atoms. The summed E-state index contributed by atoms with van der Waals surface area (Å²) in [6, 6.07) is 16.0. The van der Waals surface area contributed by atoms with Crippen molar-refractivity contribution in [3.63, 3.8) is 0 Å². The second kappa shape index (κ2) is 7.02. The van der Waals surface area contributed by atoms with Crippen LogP contribution in [0.5, 0.6) is 0 Å². The number of hydrogen-bond donors (Lipinski definition) is 0. The minimum atomic E-state index is -0.0678. The van der Waals surface area contributed by atoms with E-state index in [-0.39, 0.29) is 5.56 Å². The van der Waals surface area contributed by atoms with Gasteiger partial charge in [-0.3, -0.25) is 9.36 Å². The number of fused-ring (bicyclic) bond motifs is 5. The van der Waals surface area contributed by atoms with Gasteiger partial charge in [-0.1, -0.05) is 12.1 Å². The standard InChI is InChI=1S/C23H23N5O/c1-26-22(17-4-2-3-16(13-17)15-24)25-21-14-19(5-6-20(21)23(26)29)28-12-11-27-9-7-18(28)8-10-27/h2-6,13-14,18H,7-12H2,1H3. The van der Waals surface area contributed by atoms with E-state index < -0.39 is 0 Å². The molecule has 3 saturated heterocycles. The predicted octanol–water partition coefficient (Wildman–Crippen LogP) is 2.76. The lowest BCUT2D eigenvalue weighted by atomic mass is 10.0. The van der Waals surface area contributed by atoms with Gasteiger partial charge < -0.3 is 9.80 Å². The van der Waals surface area contributed by atoms with Crippen molar-refractivity contribution >= 4 is 16.6 Å². The van der Waals surface area contributed by atoms with Crippen LogP contribution in [-0.4, -0.2) is 46.7 Å². The van der Waals surface area contributed by atoms with E-state index in [0.29, 0.717) is 28.3 Å². The number of nitriles is 1. The Kier molecular flexibility index (Phi) is 4.33. The average Bonchev–Trinajstić information content (AvgIpc) is 3.10. The fourth-order valence-corrected chi connectivity index (χ4v) is 4.65. The molecule has 0 radical (unpaired) electrons. The first kappa shape index (κ1) is 17.9. The monoisotopic (exact) mass is 385 g/mol. The molecule has 3 aromatic rings. The summed E-state index contributed by atoms with van der Waals surface area (Å²) in [5.41, 5.74) is 3.12. The van der Waals surface area contributed by atoms with Crippen LogP contribution in [0.3, 0.4) is 0 Å². The van der Waals surface area contributed by atoms with Crippen molar-refractivity contribution in [3.8, 4) is 17.5 Å². The summed E-state index contributed by atoms with van der Waals surface area (Å²) < 4.78 is 1.57. The zero-order valence-corrected chi connectivity index (χ0v) is 16.5. The third-order valence-electron chi connectivity index (χ3n) is 6.30. The van der Waals surface area contributed by atoms with Crippen molar-refractivity contribution in [2.45, 2.75) is 18.9 Å². The van der Waals surface area contributed by atoms with E-state index in [1.54, 1.807) is 23.7 Å². The van der Waals surface area contributed by atoms with Gasteiger partial charge in [-0.05, 0) is 43.2 Å². The highest BCUT2D eigenvalue weighted by molar-refractivity contribution is 5.83. The van der Waals surface area contributed by atoms with Crippen LogP contribution >= 0.6 is 0 Å². The smallest absolute Gasteiger partial charge is 0.261 e. The maximum Gasteiger partial charge on any atom is 0.261 e. The molecular weight excluding hydrogens is 362 g/mol. The number of hydrogen-bond acceptors (Lipinski definition) is 5. The topological polar surface area (TPSA) is 65.2 Å². The number of nitrogens with zero attached hydrogens (tertiary/aromatic N) is 5. The molecule has 2 bridgehead atoms. The largest absolute Gasteiger partial charge is 0.367 e. The molecule has 4 heterocycles. The Bertz CT molecular complexity index is 1180. The van der Waals surface area contributed by atoms with Crippen molar-refractivity contribution in [3.05, 3.63) is 58.4 Å². The molecule has 6 heteroatoms. The molecule has 0 atom stereocenters. The fourth-order valence-electron chi connectivity index (χ4n) is 4.65. The molecule has 1 aromatic heterocycles. The summed E-state index contributed by atoms with van der Waals surface area (Å²) in [6.07, 6.45) is 2.38. The molecular formula is C23H23N5O. The second-order valence-corrected chi connectivity index (χ2v) is 7.96. The van der Waals surface area contributed by atoms with Crippen LogP contribution in [0.25, 0.3) is 22.3 Å². The molecule has 3 aliphatic rings. The lowest BCUT2D eigenvalue weighted by molar-refractivity contribution is 0.250. The molecule has 6 nitrogen and oxygen atoms in total. The zero-order chi connectivity index (χ0) is 20.0. The highest BCUT2D eigenvalue weighted by atomic mass is 16.1. The number of benzene rings is 2. The first-order valence-electron chi connectivity index (χ1n) is 10.1. The Morgan fingerprint density at radius 3 is 2.69 bits per heavy atom. The Morgan fingerprint density at radius 2 is 1.90 bits per heavy atom. The molecule has 3 aliphatic heterocycles. The van der Waals surface area contributed by atoms with Crippen LogP contribution in [-0.2, 0) is 7.05 Å². The van der Waals surface area contributed by atoms with Crippen molar-refractivity contribution < 1.29 is 0 Å².